The molecule has 80 valence electrons. The summed E-state index contributed by atoms with van der Waals surface area (Å²) in [6, 6.07) is 7.84. The van der Waals surface area contributed by atoms with Gasteiger partial charge in [-0.1, -0.05) is 23.7 Å². The molecule has 0 radical (unpaired) electrons. The minimum atomic E-state index is 0.599. The summed E-state index contributed by atoms with van der Waals surface area (Å²) in [5.41, 5.74) is 2.58. The number of benzene rings is 1. The van der Waals surface area contributed by atoms with Gasteiger partial charge in [0.15, 0.2) is 5.82 Å². The molecule has 3 aromatic rings. The smallest absolute Gasteiger partial charge is 0.160 e. The SMILES string of the molecule is Cn1cc(Cl)c(-c2nc3ccccc3[nH]2)n1. The molecule has 2 heterocycles. The molecule has 0 aliphatic rings. The quantitative estimate of drug-likeness (QED) is 0.701. The number of aromatic nitrogens is 4. The Kier molecular flexibility index (Phi) is 1.97. The van der Waals surface area contributed by atoms with Crippen LogP contribution in [0.2, 0.25) is 5.02 Å². The molecule has 0 amide bonds. The van der Waals surface area contributed by atoms with Crippen LogP contribution < -0.4 is 0 Å². The molecule has 0 fully saturated rings. The summed E-state index contributed by atoms with van der Waals surface area (Å²) >= 11 is 6.06. The summed E-state index contributed by atoms with van der Waals surface area (Å²) in [5.74, 6) is 0.701. The lowest BCUT2D eigenvalue weighted by atomic mass is 10.3. The average molecular weight is 233 g/mol. The van der Waals surface area contributed by atoms with E-state index in [9.17, 15) is 0 Å². The van der Waals surface area contributed by atoms with Gasteiger partial charge in [-0.3, -0.25) is 4.68 Å². The summed E-state index contributed by atoms with van der Waals surface area (Å²) in [6.45, 7) is 0. The van der Waals surface area contributed by atoms with E-state index in [1.165, 1.54) is 0 Å². The number of H-pyrrole nitrogens is 1. The molecular formula is C11H9ClN4. The standard InChI is InChI=1S/C11H9ClN4/c1-16-6-7(12)10(15-16)11-13-8-4-2-3-5-9(8)14-11/h2-6H,1H3,(H,13,14). The first-order valence-corrected chi connectivity index (χ1v) is 5.26. The summed E-state index contributed by atoms with van der Waals surface area (Å²) in [6.07, 6.45) is 1.75. The van der Waals surface area contributed by atoms with Gasteiger partial charge in [-0.05, 0) is 12.1 Å². The molecule has 0 aliphatic heterocycles. The first-order valence-electron chi connectivity index (χ1n) is 4.88. The van der Waals surface area contributed by atoms with Crippen molar-refractivity contribution in [2.75, 3.05) is 0 Å². The molecule has 1 aromatic carbocycles. The number of hydrogen-bond donors (Lipinski definition) is 1. The lowest BCUT2D eigenvalue weighted by Crippen LogP contribution is -1.88. The predicted octanol–water partition coefficient (Wildman–Crippen LogP) is 2.62. The van der Waals surface area contributed by atoms with Gasteiger partial charge >= 0.3 is 0 Å². The fourth-order valence-corrected chi connectivity index (χ4v) is 1.95. The van der Waals surface area contributed by atoms with E-state index in [1.807, 2.05) is 31.3 Å². The van der Waals surface area contributed by atoms with Gasteiger partial charge in [0.2, 0.25) is 0 Å². The Bertz CT molecular complexity index is 620. The normalized spacial score (nSPS) is 11.1. The van der Waals surface area contributed by atoms with Crippen molar-refractivity contribution in [3.63, 3.8) is 0 Å². The minimum Gasteiger partial charge on any atom is -0.337 e. The number of hydrogen-bond acceptors (Lipinski definition) is 2. The van der Waals surface area contributed by atoms with Crippen LogP contribution in [0, 0.1) is 0 Å². The largest absolute Gasteiger partial charge is 0.337 e. The van der Waals surface area contributed by atoms with Crippen molar-refractivity contribution >= 4 is 22.6 Å². The highest BCUT2D eigenvalue weighted by Crippen LogP contribution is 2.25. The first-order chi connectivity index (χ1) is 7.74. The molecule has 0 saturated carbocycles. The van der Waals surface area contributed by atoms with Crippen molar-refractivity contribution < 1.29 is 0 Å². The second-order valence-electron chi connectivity index (χ2n) is 3.60. The second-order valence-corrected chi connectivity index (χ2v) is 4.01. The number of rotatable bonds is 1. The number of aryl methyl sites for hydroxylation is 1. The third-order valence-corrected chi connectivity index (χ3v) is 2.67. The van der Waals surface area contributed by atoms with Crippen molar-refractivity contribution in [2.45, 2.75) is 0 Å². The topological polar surface area (TPSA) is 46.5 Å². The zero-order valence-corrected chi connectivity index (χ0v) is 9.36. The molecule has 1 N–H and O–H groups in total. The van der Waals surface area contributed by atoms with Crippen molar-refractivity contribution in [3.05, 3.63) is 35.5 Å². The van der Waals surface area contributed by atoms with Crippen LogP contribution in [0.3, 0.4) is 0 Å². The molecule has 0 unspecified atom stereocenters. The highest BCUT2D eigenvalue weighted by molar-refractivity contribution is 6.32. The zero-order valence-electron chi connectivity index (χ0n) is 8.61. The predicted molar refractivity (Wildman–Crippen MR) is 63.3 cm³/mol. The number of fused-ring (bicyclic) bond motifs is 1. The van der Waals surface area contributed by atoms with E-state index >= 15 is 0 Å². The first kappa shape index (κ1) is 9.42. The highest BCUT2D eigenvalue weighted by atomic mass is 35.5. The number of nitrogens with zero attached hydrogens (tertiary/aromatic N) is 3. The maximum Gasteiger partial charge on any atom is 0.160 e. The average Bonchev–Trinajstić information content (AvgIpc) is 2.81. The number of nitrogens with one attached hydrogen (secondary N) is 1. The fourth-order valence-electron chi connectivity index (χ4n) is 1.68. The number of imidazole rings is 1. The van der Waals surface area contributed by atoms with E-state index in [0.717, 1.165) is 11.0 Å². The lowest BCUT2D eigenvalue weighted by molar-refractivity contribution is 0.769. The van der Waals surface area contributed by atoms with Crippen molar-refractivity contribution in [1.82, 2.24) is 19.7 Å². The Morgan fingerprint density at radius 2 is 2.12 bits per heavy atom. The monoisotopic (exact) mass is 232 g/mol. The maximum absolute atomic E-state index is 6.06. The molecule has 0 saturated heterocycles. The van der Waals surface area contributed by atoms with Crippen molar-refractivity contribution in [3.8, 4) is 11.5 Å². The van der Waals surface area contributed by atoms with Gasteiger partial charge < -0.3 is 4.98 Å². The third-order valence-electron chi connectivity index (χ3n) is 2.40. The number of halogens is 1. The van der Waals surface area contributed by atoms with Gasteiger partial charge in [0.1, 0.15) is 5.69 Å². The van der Waals surface area contributed by atoms with Crippen LogP contribution >= 0.6 is 11.6 Å². The Labute approximate surface area is 96.9 Å². The Balaban J connectivity index is 2.22. The van der Waals surface area contributed by atoms with Crippen LogP contribution in [-0.2, 0) is 7.05 Å². The van der Waals surface area contributed by atoms with Gasteiger partial charge in [0.05, 0.1) is 16.1 Å². The third kappa shape index (κ3) is 1.39. The fraction of sp³-hybridized carbons (Fsp3) is 0.0909. The van der Waals surface area contributed by atoms with Gasteiger partial charge in [-0.2, -0.15) is 5.10 Å². The van der Waals surface area contributed by atoms with Gasteiger partial charge in [0, 0.05) is 13.2 Å². The zero-order chi connectivity index (χ0) is 11.1. The van der Waals surface area contributed by atoms with Crippen LogP contribution in [0.4, 0.5) is 0 Å². The van der Waals surface area contributed by atoms with E-state index < -0.39 is 0 Å². The van der Waals surface area contributed by atoms with E-state index in [4.69, 9.17) is 11.6 Å². The Morgan fingerprint density at radius 1 is 1.31 bits per heavy atom. The van der Waals surface area contributed by atoms with Crippen molar-refractivity contribution in [1.29, 1.82) is 0 Å². The summed E-state index contributed by atoms with van der Waals surface area (Å²) < 4.78 is 1.67. The van der Waals surface area contributed by atoms with E-state index in [0.29, 0.717) is 16.5 Å². The number of para-hydroxylation sites is 2. The lowest BCUT2D eigenvalue weighted by Gasteiger charge is -1.89. The molecule has 2 aromatic heterocycles. The van der Waals surface area contributed by atoms with E-state index in [1.54, 1.807) is 10.9 Å². The van der Waals surface area contributed by atoms with Crippen LogP contribution in [0.25, 0.3) is 22.6 Å². The van der Waals surface area contributed by atoms with Crippen LogP contribution in [0.5, 0.6) is 0 Å². The van der Waals surface area contributed by atoms with E-state index in [-0.39, 0.29) is 0 Å². The molecule has 0 spiro atoms. The number of aromatic amines is 1. The van der Waals surface area contributed by atoms with Crippen LogP contribution in [0.15, 0.2) is 30.5 Å². The van der Waals surface area contributed by atoms with E-state index in [2.05, 4.69) is 15.1 Å². The highest BCUT2D eigenvalue weighted by Gasteiger charge is 2.12. The molecule has 0 aliphatic carbocycles. The summed E-state index contributed by atoms with van der Waals surface area (Å²) in [7, 11) is 1.83. The molecular weight excluding hydrogens is 224 g/mol. The van der Waals surface area contributed by atoms with Crippen molar-refractivity contribution in [2.24, 2.45) is 7.05 Å². The molecule has 16 heavy (non-hydrogen) atoms. The molecule has 4 nitrogen and oxygen atoms in total. The minimum absolute atomic E-state index is 0.599. The molecule has 5 heteroatoms. The molecule has 3 rings (SSSR count). The summed E-state index contributed by atoms with van der Waals surface area (Å²) in [5, 5.41) is 4.87. The Hall–Kier alpha value is -1.81. The summed E-state index contributed by atoms with van der Waals surface area (Å²) in [4.78, 5) is 7.64. The van der Waals surface area contributed by atoms with Gasteiger partial charge in [-0.15, -0.1) is 0 Å². The Morgan fingerprint density at radius 3 is 2.81 bits per heavy atom. The van der Waals surface area contributed by atoms with Gasteiger partial charge in [-0.25, -0.2) is 4.98 Å². The van der Waals surface area contributed by atoms with Crippen LogP contribution in [0.1, 0.15) is 0 Å². The molecule has 0 bridgehead atoms. The van der Waals surface area contributed by atoms with Crippen LogP contribution in [-0.4, -0.2) is 19.7 Å². The maximum atomic E-state index is 6.06. The second kappa shape index (κ2) is 3.35. The molecule has 0 atom stereocenters. The van der Waals surface area contributed by atoms with Gasteiger partial charge in [0.25, 0.3) is 0 Å².